The zero-order valence-corrected chi connectivity index (χ0v) is 13.9. The predicted octanol–water partition coefficient (Wildman–Crippen LogP) is 4.64. The fourth-order valence-electron chi connectivity index (χ4n) is 2.60. The average molecular weight is 389 g/mol. The molecule has 3 nitrogen and oxygen atoms in total. The number of carbonyl (C=O) groups excluding carboxylic acids is 1. The maximum absolute atomic E-state index is 13.4. The lowest BCUT2D eigenvalue weighted by molar-refractivity contribution is -0.274. The number of hydrogen-bond acceptors (Lipinski definition) is 3. The second kappa shape index (κ2) is 7.14. The molecule has 1 unspecified atom stereocenters. The molecular formula is C17H12F5NO2S. The van der Waals surface area contributed by atoms with Gasteiger partial charge in [-0.2, -0.15) is 0 Å². The summed E-state index contributed by atoms with van der Waals surface area (Å²) in [6.45, 7) is 0.0120. The van der Waals surface area contributed by atoms with Gasteiger partial charge in [0.1, 0.15) is 11.1 Å². The van der Waals surface area contributed by atoms with Crippen LogP contribution in [0.15, 0.2) is 42.5 Å². The van der Waals surface area contributed by atoms with E-state index in [0.29, 0.717) is 11.1 Å². The quantitative estimate of drug-likeness (QED) is 0.714. The molecule has 1 heterocycles. The maximum Gasteiger partial charge on any atom is 0.573 e. The van der Waals surface area contributed by atoms with E-state index >= 15 is 0 Å². The van der Waals surface area contributed by atoms with E-state index in [2.05, 4.69) is 4.74 Å². The monoisotopic (exact) mass is 389 g/mol. The van der Waals surface area contributed by atoms with E-state index in [4.69, 9.17) is 0 Å². The van der Waals surface area contributed by atoms with Crippen molar-refractivity contribution in [2.75, 3.05) is 5.75 Å². The summed E-state index contributed by atoms with van der Waals surface area (Å²) in [6.07, 6.45) is -4.82. The van der Waals surface area contributed by atoms with E-state index in [1.54, 1.807) is 6.07 Å². The third-order valence-electron chi connectivity index (χ3n) is 3.68. The molecular weight excluding hydrogens is 377 g/mol. The highest BCUT2D eigenvalue weighted by atomic mass is 32.2. The van der Waals surface area contributed by atoms with Gasteiger partial charge >= 0.3 is 6.36 Å². The Labute approximate surface area is 149 Å². The molecule has 9 heteroatoms. The van der Waals surface area contributed by atoms with Crippen LogP contribution >= 0.6 is 11.8 Å². The van der Waals surface area contributed by atoms with Crippen molar-refractivity contribution in [3.05, 3.63) is 65.2 Å². The number of thioether (sulfide) groups is 1. The number of carbonyl (C=O) groups is 1. The van der Waals surface area contributed by atoms with Crippen molar-refractivity contribution in [1.82, 2.24) is 4.90 Å². The van der Waals surface area contributed by atoms with E-state index in [0.717, 1.165) is 18.2 Å². The zero-order chi connectivity index (χ0) is 18.9. The first-order valence-electron chi connectivity index (χ1n) is 7.43. The van der Waals surface area contributed by atoms with Gasteiger partial charge in [-0.05, 0) is 35.4 Å². The number of hydrogen-bond donors (Lipinski definition) is 0. The van der Waals surface area contributed by atoms with Crippen LogP contribution in [-0.4, -0.2) is 22.9 Å². The van der Waals surface area contributed by atoms with Gasteiger partial charge in [-0.25, -0.2) is 8.78 Å². The number of rotatable bonds is 4. The highest BCUT2D eigenvalue weighted by Gasteiger charge is 2.34. The van der Waals surface area contributed by atoms with Crippen molar-refractivity contribution < 1.29 is 31.5 Å². The molecule has 0 aromatic heterocycles. The minimum Gasteiger partial charge on any atom is -0.406 e. The minimum atomic E-state index is -4.82. The van der Waals surface area contributed by atoms with Crippen LogP contribution in [-0.2, 0) is 11.3 Å². The number of benzene rings is 2. The summed E-state index contributed by atoms with van der Waals surface area (Å²) >= 11 is 1.24. The summed E-state index contributed by atoms with van der Waals surface area (Å²) in [7, 11) is 0. The molecule has 1 atom stereocenters. The highest BCUT2D eigenvalue weighted by molar-refractivity contribution is 8.00. The fraction of sp³-hybridized carbons (Fsp3) is 0.235. The third kappa shape index (κ3) is 4.27. The van der Waals surface area contributed by atoms with Crippen molar-refractivity contribution >= 4 is 17.7 Å². The van der Waals surface area contributed by atoms with Crippen molar-refractivity contribution in [2.45, 2.75) is 18.3 Å². The van der Waals surface area contributed by atoms with E-state index in [-0.39, 0.29) is 24.0 Å². The van der Waals surface area contributed by atoms with Crippen molar-refractivity contribution in [1.29, 1.82) is 0 Å². The number of amides is 1. The van der Waals surface area contributed by atoms with E-state index in [1.165, 1.54) is 34.9 Å². The summed E-state index contributed by atoms with van der Waals surface area (Å²) in [5.74, 6) is -2.52. The molecule has 0 N–H and O–H groups in total. The number of ether oxygens (including phenoxy) is 1. The van der Waals surface area contributed by atoms with Gasteiger partial charge in [0.2, 0.25) is 5.91 Å². The second-order valence-electron chi connectivity index (χ2n) is 5.55. The number of nitrogens with zero attached hydrogens (tertiary/aromatic N) is 1. The van der Waals surface area contributed by atoms with Gasteiger partial charge in [-0.3, -0.25) is 4.79 Å². The third-order valence-corrected chi connectivity index (χ3v) is 4.94. The normalized spacial score (nSPS) is 17.7. The Morgan fingerprint density at radius 1 is 1.12 bits per heavy atom. The molecule has 2 aromatic carbocycles. The van der Waals surface area contributed by atoms with Crippen molar-refractivity contribution in [2.24, 2.45) is 0 Å². The van der Waals surface area contributed by atoms with Gasteiger partial charge in [-0.1, -0.05) is 18.2 Å². The second-order valence-corrected chi connectivity index (χ2v) is 6.62. The van der Waals surface area contributed by atoms with Gasteiger partial charge in [0, 0.05) is 6.54 Å². The topological polar surface area (TPSA) is 29.5 Å². The van der Waals surface area contributed by atoms with E-state index in [9.17, 15) is 26.7 Å². The Morgan fingerprint density at radius 3 is 2.58 bits per heavy atom. The Morgan fingerprint density at radius 2 is 1.88 bits per heavy atom. The van der Waals surface area contributed by atoms with E-state index in [1.807, 2.05) is 0 Å². The average Bonchev–Trinajstić information content (AvgIpc) is 2.91. The summed E-state index contributed by atoms with van der Waals surface area (Å²) in [5, 5.41) is -0.549. The Hall–Kier alpha value is -2.29. The van der Waals surface area contributed by atoms with Crippen LogP contribution in [0, 0.1) is 11.6 Å². The van der Waals surface area contributed by atoms with Crippen molar-refractivity contribution in [3.8, 4) is 5.75 Å². The molecule has 1 saturated heterocycles. The SMILES string of the molecule is O=C1CSC(c2cccc(OC(F)(F)F)c2)N1Cc1ccc(F)c(F)c1. The molecule has 0 spiro atoms. The lowest BCUT2D eigenvalue weighted by atomic mass is 10.1. The molecule has 1 aliphatic heterocycles. The summed E-state index contributed by atoms with van der Waals surface area (Å²) in [5.41, 5.74) is 0.831. The molecule has 0 saturated carbocycles. The van der Waals surface area contributed by atoms with Crippen LogP contribution in [0.4, 0.5) is 22.0 Å². The Balaban J connectivity index is 1.83. The lowest BCUT2D eigenvalue weighted by Gasteiger charge is -2.25. The predicted molar refractivity (Wildman–Crippen MR) is 85.2 cm³/mol. The molecule has 3 rings (SSSR count). The van der Waals surface area contributed by atoms with Crippen LogP contribution in [0.3, 0.4) is 0 Å². The first-order valence-corrected chi connectivity index (χ1v) is 8.48. The number of alkyl halides is 3. The van der Waals surface area contributed by atoms with Crippen LogP contribution in [0.2, 0.25) is 0 Å². The standard InChI is InChI=1S/C17H12F5NO2S/c18-13-5-4-10(6-14(13)19)8-23-15(24)9-26-16(23)11-2-1-3-12(7-11)25-17(20,21)22/h1-7,16H,8-9H2. The molecule has 1 fully saturated rings. The largest absolute Gasteiger partial charge is 0.573 e. The van der Waals surface area contributed by atoms with Gasteiger partial charge in [0.25, 0.3) is 0 Å². The van der Waals surface area contributed by atoms with Crippen molar-refractivity contribution in [3.63, 3.8) is 0 Å². The van der Waals surface area contributed by atoms with Crippen LogP contribution < -0.4 is 4.74 Å². The molecule has 1 aliphatic rings. The van der Waals surface area contributed by atoms with Crippen LogP contribution in [0.1, 0.15) is 16.5 Å². The summed E-state index contributed by atoms with van der Waals surface area (Å²) < 4.78 is 67.5. The van der Waals surface area contributed by atoms with Crippen LogP contribution in [0.25, 0.3) is 0 Å². The highest BCUT2D eigenvalue weighted by Crippen LogP contribution is 2.41. The smallest absolute Gasteiger partial charge is 0.406 e. The van der Waals surface area contributed by atoms with Gasteiger partial charge in [0.15, 0.2) is 11.6 Å². The first kappa shape index (κ1) is 18.5. The van der Waals surface area contributed by atoms with E-state index < -0.39 is 23.4 Å². The Bertz CT molecular complexity index is 827. The van der Waals surface area contributed by atoms with Gasteiger partial charge in [0.05, 0.1) is 5.75 Å². The molecule has 1 amide bonds. The Kier molecular flexibility index (Phi) is 5.08. The molecule has 0 aliphatic carbocycles. The minimum absolute atomic E-state index is 0.0120. The molecule has 138 valence electrons. The summed E-state index contributed by atoms with van der Waals surface area (Å²) in [4.78, 5) is 13.6. The first-order chi connectivity index (χ1) is 12.2. The number of halogens is 5. The van der Waals surface area contributed by atoms with Gasteiger partial charge in [-0.15, -0.1) is 24.9 Å². The maximum atomic E-state index is 13.4. The molecule has 26 heavy (non-hydrogen) atoms. The van der Waals surface area contributed by atoms with Crippen LogP contribution in [0.5, 0.6) is 5.75 Å². The summed E-state index contributed by atoms with van der Waals surface area (Å²) in [6, 6.07) is 8.67. The van der Waals surface area contributed by atoms with Gasteiger partial charge < -0.3 is 9.64 Å². The fourth-order valence-corrected chi connectivity index (χ4v) is 3.78. The zero-order valence-electron chi connectivity index (χ0n) is 13.1. The molecule has 2 aromatic rings. The molecule has 0 bridgehead atoms. The lowest BCUT2D eigenvalue weighted by Crippen LogP contribution is -2.27. The molecule has 0 radical (unpaired) electrons.